The van der Waals surface area contributed by atoms with Crippen LogP contribution in [0.5, 0.6) is 0 Å². The molecule has 1 aliphatic heterocycles. The molecule has 0 saturated carbocycles. The molecule has 0 spiro atoms. The zero-order valence-electron chi connectivity index (χ0n) is 19.9. The Morgan fingerprint density at radius 1 is 0.686 bits per heavy atom. The summed E-state index contributed by atoms with van der Waals surface area (Å²) in [4.78, 5) is 0. The van der Waals surface area contributed by atoms with Crippen LogP contribution in [-0.2, 0) is 48.6 Å². The van der Waals surface area contributed by atoms with Gasteiger partial charge in [0.25, 0.3) is 0 Å². The van der Waals surface area contributed by atoms with Crippen LogP contribution in [0.1, 0.15) is 23.6 Å². The van der Waals surface area contributed by atoms with E-state index in [0.717, 1.165) is 16.7 Å². The Labute approximate surface area is 207 Å². The van der Waals surface area contributed by atoms with Crippen molar-refractivity contribution in [1.29, 1.82) is 0 Å². The summed E-state index contributed by atoms with van der Waals surface area (Å²) in [5.41, 5.74) is 1.84. The maximum atomic E-state index is 13.0. The fourth-order valence-electron chi connectivity index (χ4n) is 4.06. The van der Waals surface area contributed by atoms with Gasteiger partial charge in [0.05, 0.1) is 32.2 Å². The third kappa shape index (κ3) is 6.99. The normalized spacial score (nSPS) is 22.3. The summed E-state index contributed by atoms with van der Waals surface area (Å²) >= 11 is 0. The molecule has 7 heteroatoms. The number of ether oxygens (including phenoxy) is 4. The largest absolute Gasteiger partial charge is 0.374 e. The third-order valence-corrected chi connectivity index (χ3v) is 7.88. The number of sulfone groups is 1. The summed E-state index contributed by atoms with van der Waals surface area (Å²) in [6.07, 6.45) is -1.98. The highest BCUT2D eigenvalue weighted by Gasteiger charge is 2.51. The fourth-order valence-corrected chi connectivity index (χ4v) is 5.34. The van der Waals surface area contributed by atoms with E-state index < -0.39 is 33.6 Å². The molecular formula is C28H32O6S. The number of hydrogen-bond donors (Lipinski definition) is 0. The first-order valence-electron chi connectivity index (χ1n) is 11.9. The van der Waals surface area contributed by atoms with Gasteiger partial charge in [0.15, 0.2) is 15.3 Å². The standard InChI is InChI=1S/C28H32O6S/c1-2-35(29,30)28-27(33-20-24-16-10-5-11-17-24)26(32-19-23-14-8-4-9-15-23)25(34-28)21-31-18-22-12-6-3-7-13-22/h3-17,25-28H,2,18-21H2,1H3/t25-,26-,27-,28+/m1/s1. The molecule has 1 heterocycles. The first-order chi connectivity index (χ1) is 17.1. The van der Waals surface area contributed by atoms with Gasteiger partial charge in [-0.2, -0.15) is 0 Å². The highest BCUT2D eigenvalue weighted by atomic mass is 32.2. The predicted octanol–water partition coefficient (Wildman–Crippen LogP) is 4.53. The molecule has 1 aliphatic rings. The summed E-state index contributed by atoms with van der Waals surface area (Å²) in [7, 11) is -3.56. The Balaban J connectivity index is 1.53. The van der Waals surface area contributed by atoms with Crippen LogP contribution >= 0.6 is 0 Å². The lowest BCUT2D eigenvalue weighted by Gasteiger charge is -2.25. The van der Waals surface area contributed by atoms with Crippen molar-refractivity contribution in [1.82, 2.24) is 0 Å². The molecule has 1 saturated heterocycles. The Morgan fingerprint density at radius 3 is 1.63 bits per heavy atom. The van der Waals surface area contributed by atoms with E-state index in [1.807, 2.05) is 91.0 Å². The van der Waals surface area contributed by atoms with E-state index in [0.29, 0.717) is 13.2 Å². The maximum Gasteiger partial charge on any atom is 0.187 e. The Bertz CT molecular complexity index is 1120. The molecule has 0 amide bonds. The van der Waals surface area contributed by atoms with Crippen molar-refractivity contribution < 1.29 is 27.4 Å². The van der Waals surface area contributed by atoms with E-state index in [1.165, 1.54) is 0 Å². The van der Waals surface area contributed by atoms with E-state index in [1.54, 1.807) is 6.92 Å². The van der Waals surface area contributed by atoms with Crippen molar-refractivity contribution in [2.24, 2.45) is 0 Å². The molecule has 6 nitrogen and oxygen atoms in total. The molecule has 0 aliphatic carbocycles. The maximum absolute atomic E-state index is 13.0. The van der Waals surface area contributed by atoms with Gasteiger partial charge in [0.2, 0.25) is 0 Å². The average molecular weight is 497 g/mol. The van der Waals surface area contributed by atoms with Crippen LogP contribution in [0.4, 0.5) is 0 Å². The highest BCUT2D eigenvalue weighted by Crippen LogP contribution is 2.32. The van der Waals surface area contributed by atoms with Gasteiger partial charge >= 0.3 is 0 Å². The van der Waals surface area contributed by atoms with Gasteiger partial charge in [-0.25, -0.2) is 8.42 Å². The zero-order chi connectivity index (χ0) is 24.5. The Kier molecular flexibility index (Phi) is 9.06. The molecule has 0 aromatic heterocycles. The number of rotatable bonds is 12. The van der Waals surface area contributed by atoms with E-state index >= 15 is 0 Å². The molecule has 3 aromatic carbocycles. The van der Waals surface area contributed by atoms with Crippen molar-refractivity contribution in [3.05, 3.63) is 108 Å². The van der Waals surface area contributed by atoms with Crippen LogP contribution in [-0.4, -0.2) is 44.5 Å². The fraction of sp³-hybridized carbons (Fsp3) is 0.357. The minimum Gasteiger partial charge on any atom is -0.374 e. The number of hydrogen-bond acceptors (Lipinski definition) is 6. The first-order valence-corrected chi connectivity index (χ1v) is 13.6. The second-order valence-corrected chi connectivity index (χ2v) is 10.9. The highest BCUT2D eigenvalue weighted by molar-refractivity contribution is 7.91. The van der Waals surface area contributed by atoms with Gasteiger partial charge < -0.3 is 18.9 Å². The van der Waals surface area contributed by atoms with Crippen molar-refractivity contribution in [2.45, 2.75) is 50.5 Å². The van der Waals surface area contributed by atoms with Crippen LogP contribution in [0.3, 0.4) is 0 Å². The van der Waals surface area contributed by atoms with E-state index in [2.05, 4.69) is 0 Å². The molecule has 0 radical (unpaired) electrons. The molecule has 35 heavy (non-hydrogen) atoms. The van der Waals surface area contributed by atoms with Crippen molar-refractivity contribution in [3.8, 4) is 0 Å². The lowest BCUT2D eigenvalue weighted by atomic mass is 10.1. The van der Waals surface area contributed by atoms with Gasteiger partial charge in [0, 0.05) is 0 Å². The molecule has 0 bridgehead atoms. The van der Waals surface area contributed by atoms with Crippen LogP contribution in [0, 0.1) is 0 Å². The minimum atomic E-state index is -3.56. The monoisotopic (exact) mass is 496 g/mol. The Morgan fingerprint density at radius 2 is 1.14 bits per heavy atom. The van der Waals surface area contributed by atoms with Crippen molar-refractivity contribution in [3.63, 3.8) is 0 Å². The van der Waals surface area contributed by atoms with Gasteiger partial charge in [-0.1, -0.05) is 97.9 Å². The molecule has 0 unspecified atom stereocenters. The topological polar surface area (TPSA) is 71.1 Å². The predicted molar refractivity (Wildman–Crippen MR) is 134 cm³/mol. The molecule has 4 atom stereocenters. The van der Waals surface area contributed by atoms with Crippen molar-refractivity contribution in [2.75, 3.05) is 12.4 Å². The summed E-state index contributed by atoms with van der Waals surface area (Å²) in [5, 5.41) is 0. The van der Waals surface area contributed by atoms with Crippen LogP contribution in [0.2, 0.25) is 0 Å². The average Bonchev–Trinajstić information content (AvgIpc) is 3.26. The minimum absolute atomic E-state index is 0.0497. The summed E-state index contributed by atoms with van der Waals surface area (Å²) in [5.74, 6) is -0.0497. The van der Waals surface area contributed by atoms with Gasteiger partial charge in [-0.3, -0.25) is 0 Å². The molecule has 4 rings (SSSR count). The van der Waals surface area contributed by atoms with Gasteiger partial charge in [-0.15, -0.1) is 0 Å². The molecule has 3 aromatic rings. The zero-order valence-corrected chi connectivity index (χ0v) is 20.7. The molecule has 0 N–H and O–H groups in total. The van der Waals surface area contributed by atoms with Crippen LogP contribution < -0.4 is 0 Å². The van der Waals surface area contributed by atoms with Gasteiger partial charge in [-0.05, 0) is 16.7 Å². The second-order valence-electron chi connectivity index (χ2n) is 8.52. The SMILES string of the molecule is CCS(=O)(=O)[C@@H]1O[C@H](COCc2ccccc2)[C@@H](OCc2ccccc2)[C@H]1OCc1ccccc1. The lowest BCUT2D eigenvalue weighted by Crippen LogP contribution is -2.41. The first kappa shape index (κ1) is 25.5. The lowest BCUT2D eigenvalue weighted by molar-refractivity contribution is -0.0896. The smallest absolute Gasteiger partial charge is 0.187 e. The van der Waals surface area contributed by atoms with Crippen molar-refractivity contribution >= 4 is 9.84 Å². The molecule has 186 valence electrons. The van der Waals surface area contributed by atoms with E-state index in [-0.39, 0.29) is 19.0 Å². The third-order valence-electron chi connectivity index (χ3n) is 5.99. The quantitative estimate of drug-likeness (QED) is 0.367. The summed E-state index contributed by atoms with van der Waals surface area (Å²) in [6.45, 7) is 2.77. The van der Waals surface area contributed by atoms with Crippen LogP contribution in [0.25, 0.3) is 0 Å². The van der Waals surface area contributed by atoms with E-state index in [4.69, 9.17) is 18.9 Å². The van der Waals surface area contributed by atoms with Crippen LogP contribution in [0.15, 0.2) is 91.0 Å². The molecule has 1 fully saturated rings. The summed E-state index contributed by atoms with van der Waals surface area (Å²) < 4.78 is 50.5. The number of benzene rings is 3. The van der Waals surface area contributed by atoms with E-state index in [9.17, 15) is 8.42 Å². The summed E-state index contributed by atoms with van der Waals surface area (Å²) in [6, 6.07) is 29.2. The Hall–Kier alpha value is -2.55. The second kappa shape index (κ2) is 12.4. The molecular weight excluding hydrogens is 464 g/mol. The van der Waals surface area contributed by atoms with Gasteiger partial charge in [0.1, 0.15) is 18.3 Å².